The molecule has 1 aromatic rings. The van der Waals surface area contributed by atoms with E-state index in [1.807, 2.05) is 0 Å². The van der Waals surface area contributed by atoms with E-state index in [0.717, 1.165) is 18.7 Å². The lowest BCUT2D eigenvalue weighted by Gasteiger charge is -2.41. The van der Waals surface area contributed by atoms with E-state index < -0.39 is 0 Å². The molecular formula is C12H21N3S. The average Bonchev–Trinajstić information content (AvgIpc) is 2.62. The van der Waals surface area contributed by atoms with Crippen LogP contribution in [0.5, 0.6) is 0 Å². The molecule has 1 aliphatic rings. The standard InChI is InChI=1S/C12H21N3S/c1-2-12(5-3-6-12)9-14-7-4-10-8-16-11(13)15-10/h8,14H,2-7,9H2,1H3,(H2,13,15). The number of aromatic nitrogens is 1. The maximum atomic E-state index is 5.59. The molecule has 0 spiro atoms. The summed E-state index contributed by atoms with van der Waals surface area (Å²) < 4.78 is 0. The van der Waals surface area contributed by atoms with Crippen LogP contribution in [0.25, 0.3) is 0 Å². The molecule has 0 unspecified atom stereocenters. The predicted octanol–water partition coefficient (Wildman–Crippen LogP) is 2.44. The second-order valence-corrected chi connectivity index (χ2v) is 5.70. The van der Waals surface area contributed by atoms with Gasteiger partial charge in [0.25, 0.3) is 0 Å². The van der Waals surface area contributed by atoms with Crippen LogP contribution in [0.4, 0.5) is 5.13 Å². The van der Waals surface area contributed by atoms with Crippen LogP contribution in [0.1, 0.15) is 38.3 Å². The molecule has 16 heavy (non-hydrogen) atoms. The summed E-state index contributed by atoms with van der Waals surface area (Å²) in [6.45, 7) is 4.50. The molecule has 1 fully saturated rings. The lowest BCUT2D eigenvalue weighted by molar-refractivity contribution is 0.124. The van der Waals surface area contributed by atoms with Crippen LogP contribution in [0.2, 0.25) is 0 Å². The van der Waals surface area contributed by atoms with E-state index in [0.29, 0.717) is 10.5 Å². The van der Waals surface area contributed by atoms with Crippen LogP contribution in [-0.2, 0) is 6.42 Å². The van der Waals surface area contributed by atoms with Crippen molar-refractivity contribution in [1.29, 1.82) is 0 Å². The third-order valence-electron chi connectivity index (χ3n) is 3.79. The maximum Gasteiger partial charge on any atom is 0.180 e. The Kier molecular flexibility index (Phi) is 3.82. The second kappa shape index (κ2) is 5.15. The second-order valence-electron chi connectivity index (χ2n) is 4.81. The highest BCUT2D eigenvalue weighted by Gasteiger charge is 2.34. The molecule has 0 saturated heterocycles. The first-order valence-corrected chi connectivity index (χ1v) is 7.03. The normalized spacial score (nSPS) is 18.3. The van der Waals surface area contributed by atoms with Crippen molar-refractivity contribution in [3.8, 4) is 0 Å². The van der Waals surface area contributed by atoms with Crippen molar-refractivity contribution < 1.29 is 0 Å². The third-order valence-corrected chi connectivity index (χ3v) is 4.51. The van der Waals surface area contributed by atoms with Gasteiger partial charge in [0.2, 0.25) is 0 Å². The molecule has 0 bridgehead atoms. The van der Waals surface area contributed by atoms with Crippen molar-refractivity contribution in [3.05, 3.63) is 11.1 Å². The summed E-state index contributed by atoms with van der Waals surface area (Å²) in [5.41, 5.74) is 7.32. The zero-order valence-electron chi connectivity index (χ0n) is 9.96. The minimum Gasteiger partial charge on any atom is -0.375 e. The van der Waals surface area contributed by atoms with Crippen LogP contribution in [-0.4, -0.2) is 18.1 Å². The number of nitrogens with two attached hydrogens (primary N) is 1. The van der Waals surface area contributed by atoms with Crippen LogP contribution in [0, 0.1) is 5.41 Å². The minimum absolute atomic E-state index is 0.612. The number of nitrogens with one attached hydrogen (secondary N) is 1. The molecule has 0 radical (unpaired) electrons. The Morgan fingerprint density at radius 1 is 1.56 bits per heavy atom. The molecule has 1 heterocycles. The predicted molar refractivity (Wildman–Crippen MR) is 69.7 cm³/mol. The summed E-state index contributed by atoms with van der Waals surface area (Å²) in [7, 11) is 0. The number of rotatable bonds is 6. The number of nitrogen functional groups attached to an aromatic ring is 1. The van der Waals surface area contributed by atoms with Gasteiger partial charge in [-0.2, -0.15) is 0 Å². The summed E-state index contributed by atoms with van der Waals surface area (Å²) in [6.07, 6.45) is 6.52. The molecule has 1 saturated carbocycles. The molecular weight excluding hydrogens is 218 g/mol. The molecule has 4 heteroatoms. The van der Waals surface area contributed by atoms with Gasteiger partial charge < -0.3 is 11.1 Å². The fourth-order valence-corrected chi connectivity index (χ4v) is 2.94. The summed E-state index contributed by atoms with van der Waals surface area (Å²) >= 11 is 1.53. The lowest BCUT2D eigenvalue weighted by Crippen LogP contribution is -2.40. The van der Waals surface area contributed by atoms with Crippen LogP contribution in [0.3, 0.4) is 0 Å². The lowest BCUT2D eigenvalue weighted by atomic mass is 9.67. The van der Waals surface area contributed by atoms with E-state index in [1.54, 1.807) is 0 Å². The first-order chi connectivity index (χ1) is 7.74. The molecule has 0 atom stereocenters. The minimum atomic E-state index is 0.612. The fraction of sp³-hybridized carbons (Fsp3) is 0.750. The SMILES string of the molecule is CCC1(CNCCc2csc(N)n2)CCC1. The van der Waals surface area contributed by atoms with E-state index in [9.17, 15) is 0 Å². The first-order valence-electron chi connectivity index (χ1n) is 6.15. The summed E-state index contributed by atoms with van der Waals surface area (Å²) in [5.74, 6) is 0. The van der Waals surface area contributed by atoms with Gasteiger partial charge in [0.15, 0.2) is 5.13 Å². The zero-order valence-corrected chi connectivity index (χ0v) is 10.8. The van der Waals surface area contributed by atoms with Gasteiger partial charge in [-0.05, 0) is 24.7 Å². The third kappa shape index (κ3) is 2.74. The molecule has 0 amide bonds. The molecule has 3 N–H and O–H groups in total. The Bertz CT molecular complexity index is 325. The van der Waals surface area contributed by atoms with E-state index in [1.165, 1.54) is 43.6 Å². The van der Waals surface area contributed by atoms with Crippen molar-refractivity contribution in [2.45, 2.75) is 39.0 Å². The van der Waals surface area contributed by atoms with Gasteiger partial charge in [0, 0.05) is 24.9 Å². The summed E-state index contributed by atoms with van der Waals surface area (Å²) in [4.78, 5) is 4.26. The Morgan fingerprint density at radius 2 is 2.38 bits per heavy atom. The van der Waals surface area contributed by atoms with E-state index in [-0.39, 0.29) is 0 Å². The van der Waals surface area contributed by atoms with Crippen LogP contribution in [0.15, 0.2) is 5.38 Å². The van der Waals surface area contributed by atoms with Gasteiger partial charge in [-0.1, -0.05) is 13.3 Å². The quantitative estimate of drug-likeness (QED) is 0.750. The zero-order chi connectivity index (χ0) is 11.4. The maximum absolute atomic E-state index is 5.59. The number of hydrogen-bond acceptors (Lipinski definition) is 4. The molecule has 0 aliphatic heterocycles. The number of thiazole rings is 1. The Balaban J connectivity index is 1.65. The number of anilines is 1. The van der Waals surface area contributed by atoms with Crippen LogP contribution >= 0.6 is 11.3 Å². The van der Waals surface area contributed by atoms with Gasteiger partial charge in [0.1, 0.15) is 0 Å². The Morgan fingerprint density at radius 3 is 2.88 bits per heavy atom. The molecule has 3 nitrogen and oxygen atoms in total. The topological polar surface area (TPSA) is 50.9 Å². The molecule has 1 aromatic heterocycles. The Hall–Kier alpha value is -0.610. The molecule has 0 aromatic carbocycles. The molecule has 90 valence electrons. The Labute approximate surface area is 101 Å². The van der Waals surface area contributed by atoms with Crippen molar-refractivity contribution in [1.82, 2.24) is 10.3 Å². The van der Waals surface area contributed by atoms with Crippen molar-refractivity contribution in [2.24, 2.45) is 5.41 Å². The summed E-state index contributed by atoms with van der Waals surface area (Å²) in [6, 6.07) is 0. The van der Waals surface area contributed by atoms with Gasteiger partial charge in [0.05, 0.1) is 5.69 Å². The van der Waals surface area contributed by atoms with Crippen LogP contribution < -0.4 is 11.1 Å². The molecule has 2 rings (SSSR count). The summed E-state index contributed by atoms with van der Waals surface area (Å²) in [5, 5.41) is 6.29. The largest absolute Gasteiger partial charge is 0.375 e. The highest BCUT2D eigenvalue weighted by molar-refractivity contribution is 7.13. The van der Waals surface area contributed by atoms with E-state index in [2.05, 4.69) is 22.6 Å². The van der Waals surface area contributed by atoms with E-state index >= 15 is 0 Å². The monoisotopic (exact) mass is 239 g/mol. The smallest absolute Gasteiger partial charge is 0.180 e. The average molecular weight is 239 g/mol. The fourth-order valence-electron chi connectivity index (χ4n) is 2.34. The highest BCUT2D eigenvalue weighted by Crippen LogP contribution is 2.42. The molecule has 1 aliphatic carbocycles. The van der Waals surface area contributed by atoms with Gasteiger partial charge in [-0.25, -0.2) is 4.98 Å². The van der Waals surface area contributed by atoms with Crippen molar-refractivity contribution in [2.75, 3.05) is 18.8 Å². The van der Waals surface area contributed by atoms with Gasteiger partial charge in [-0.3, -0.25) is 0 Å². The van der Waals surface area contributed by atoms with Crippen molar-refractivity contribution in [3.63, 3.8) is 0 Å². The number of nitrogens with zero attached hydrogens (tertiary/aromatic N) is 1. The van der Waals surface area contributed by atoms with Gasteiger partial charge in [-0.15, -0.1) is 11.3 Å². The highest BCUT2D eigenvalue weighted by atomic mass is 32.1. The van der Waals surface area contributed by atoms with Crippen molar-refractivity contribution >= 4 is 16.5 Å². The number of hydrogen-bond donors (Lipinski definition) is 2. The van der Waals surface area contributed by atoms with E-state index in [4.69, 9.17) is 5.73 Å². The van der Waals surface area contributed by atoms with Gasteiger partial charge >= 0.3 is 0 Å². The first kappa shape index (κ1) is 11.9.